The third-order valence-corrected chi connectivity index (χ3v) is 2.70. The third-order valence-electron chi connectivity index (χ3n) is 2.70. The molecule has 0 unspecified atom stereocenters. The maximum atomic E-state index is 13.3. The van der Waals surface area contributed by atoms with Gasteiger partial charge >= 0.3 is 5.97 Å². The highest BCUT2D eigenvalue weighted by atomic mass is 19.1. The van der Waals surface area contributed by atoms with Crippen LogP contribution in [0.5, 0.6) is 0 Å². The van der Waals surface area contributed by atoms with Crippen molar-refractivity contribution >= 4 is 17.6 Å². The van der Waals surface area contributed by atoms with E-state index in [1.54, 1.807) is 6.07 Å². The minimum absolute atomic E-state index is 0.0614. The molecule has 0 aliphatic heterocycles. The molecule has 1 aromatic carbocycles. The minimum atomic E-state index is -0.919. The maximum absolute atomic E-state index is 13.3. The molecule has 1 atom stereocenters. The summed E-state index contributed by atoms with van der Waals surface area (Å²) in [6, 6.07) is 5.83. The summed E-state index contributed by atoms with van der Waals surface area (Å²) in [5, 5.41) is 2.38. The first-order chi connectivity index (χ1) is 8.58. The molecule has 1 saturated carbocycles. The number of para-hydroxylation sites is 1. The summed E-state index contributed by atoms with van der Waals surface area (Å²) in [6.07, 6.45) is 0.721. The molecule has 1 aromatic rings. The fourth-order valence-electron chi connectivity index (χ4n) is 1.44. The number of hydrogen-bond acceptors (Lipinski definition) is 3. The number of hydrogen-bond donors (Lipinski definition) is 1. The van der Waals surface area contributed by atoms with Gasteiger partial charge in [0.15, 0.2) is 6.10 Å². The lowest BCUT2D eigenvalue weighted by Gasteiger charge is -2.13. The SMILES string of the molecule is C[C@H](OC(=O)C1CC1)C(=O)Nc1ccccc1F. The molecule has 96 valence electrons. The van der Waals surface area contributed by atoms with Gasteiger partial charge in [-0.25, -0.2) is 4.39 Å². The molecule has 0 radical (unpaired) electrons. The fourth-order valence-corrected chi connectivity index (χ4v) is 1.44. The Labute approximate surface area is 104 Å². The predicted molar refractivity (Wildman–Crippen MR) is 63.3 cm³/mol. The molecule has 0 spiro atoms. The van der Waals surface area contributed by atoms with Crippen molar-refractivity contribution in [2.24, 2.45) is 5.92 Å². The van der Waals surface area contributed by atoms with Gasteiger partial charge in [0.25, 0.3) is 5.91 Å². The number of amides is 1. The first-order valence-electron chi connectivity index (χ1n) is 5.84. The van der Waals surface area contributed by atoms with Crippen LogP contribution in [0.1, 0.15) is 19.8 Å². The average Bonchev–Trinajstić information content (AvgIpc) is 3.15. The van der Waals surface area contributed by atoms with E-state index < -0.39 is 17.8 Å². The van der Waals surface area contributed by atoms with Crippen molar-refractivity contribution < 1.29 is 18.7 Å². The Morgan fingerprint density at radius 1 is 1.39 bits per heavy atom. The van der Waals surface area contributed by atoms with E-state index in [-0.39, 0.29) is 17.6 Å². The monoisotopic (exact) mass is 251 g/mol. The number of rotatable bonds is 4. The normalized spacial score (nSPS) is 15.9. The van der Waals surface area contributed by atoms with Crippen molar-refractivity contribution in [3.05, 3.63) is 30.1 Å². The molecule has 2 rings (SSSR count). The van der Waals surface area contributed by atoms with Crippen LogP contribution in [0.4, 0.5) is 10.1 Å². The fraction of sp³-hybridized carbons (Fsp3) is 0.385. The number of carbonyl (C=O) groups excluding carboxylic acids is 2. The Kier molecular flexibility index (Phi) is 3.60. The van der Waals surface area contributed by atoms with Crippen LogP contribution in [0.2, 0.25) is 0 Å². The Balaban J connectivity index is 1.90. The Morgan fingerprint density at radius 3 is 2.67 bits per heavy atom. The number of esters is 1. The summed E-state index contributed by atoms with van der Waals surface area (Å²) in [6.45, 7) is 1.47. The van der Waals surface area contributed by atoms with E-state index in [2.05, 4.69) is 5.32 Å². The molecule has 4 nitrogen and oxygen atoms in total. The van der Waals surface area contributed by atoms with Gasteiger partial charge in [-0.3, -0.25) is 9.59 Å². The summed E-state index contributed by atoms with van der Waals surface area (Å²) < 4.78 is 18.3. The lowest BCUT2D eigenvalue weighted by atomic mass is 10.3. The molecule has 0 aromatic heterocycles. The highest BCUT2D eigenvalue weighted by molar-refractivity contribution is 5.95. The second-order valence-corrected chi connectivity index (χ2v) is 4.32. The zero-order chi connectivity index (χ0) is 13.1. The molecule has 1 aliphatic carbocycles. The molecule has 1 amide bonds. The lowest BCUT2D eigenvalue weighted by Crippen LogP contribution is -2.30. The molecule has 0 bridgehead atoms. The Bertz CT molecular complexity index is 471. The van der Waals surface area contributed by atoms with Crippen LogP contribution < -0.4 is 5.32 Å². The average molecular weight is 251 g/mol. The minimum Gasteiger partial charge on any atom is -0.452 e. The number of carbonyl (C=O) groups is 2. The summed E-state index contributed by atoms with van der Waals surface area (Å²) in [5.74, 6) is -1.47. The standard InChI is InChI=1S/C13H14FNO3/c1-8(18-13(17)9-6-7-9)12(16)15-11-5-3-2-4-10(11)14/h2-5,8-9H,6-7H2,1H3,(H,15,16)/t8-/m0/s1. The number of benzene rings is 1. The quantitative estimate of drug-likeness (QED) is 0.834. The van der Waals surface area contributed by atoms with Gasteiger partial charge in [0.2, 0.25) is 0 Å². The zero-order valence-electron chi connectivity index (χ0n) is 9.98. The van der Waals surface area contributed by atoms with Crippen LogP contribution in [-0.2, 0) is 14.3 Å². The predicted octanol–water partition coefficient (Wildman–Crippen LogP) is 2.11. The van der Waals surface area contributed by atoms with Gasteiger partial charge < -0.3 is 10.1 Å². The number of anilines is 1. The lowest BCUT2D eigenvalue weighted by molar-refractivity contribution is -0.154. The largest absolute Gasteiger partial charge is 0.452 e. The van der Waals surface area contributed by atoms with Crippen LogP contribution in [-0.4, -0.2) is 18.0 Å². The summed E-state index contributed by atoms with van der Waals surface area (Å²) in [4.78, 5) is 23.1. The maximum Gasteiger partial charge on any atom is 0.309 e. The first-order valence-corrected chi connectivity index (χ1v) is 5.84. The Morgan fingerprint density at radius 2 is 2.06 bits per heavy atom. The van der Waals surface area contributed by atoms with Crippen LogP contribution >= 0.6 is 0 Å². The number of halogens is 1. The van der Waals surface area contributed by atoms with Crippen molar-refractivity contribution in [1.82, 2.24) is 0 Å². The third kappa shape index (κ3) is 3.06. The number of ether oxygens (including phenoxy) is 1. The second-order valence-electron chi connectivity index (χ2n) is 4.32. The highest BCUT2D eigenvalue weighted by Gasteiger charge is 2.33. The van der Waals surface area contributed by atoms with E-state index in [4.69, 9.17) is 4.74 Å². The van der Waals surface area contributed by atoms with Gasteiger partial charge in [0.1, 0.15) is 5.82 Å². The van der Waals surface area contributed by atoms with Gasteiger partial charge in [-0.15, -0.1) is 0 Å². The van der Waals surface area contributed by atoms with E-state index in [0.29, 0.717) is 0 Å². The van der Waals surface area contributed by atoms with Crippen LogP contribution in [0.3, 0.4) is 0 Å². The van der Waals surface area contributed by atoms with E-state index in [1.807, 2.05) is 0 Å². The molecule has 1 aliphatic rings. The molecule has 18 heavy (non-hydrogen) atoms. The van der Waals surface area contributed by atoms with Gasteiger partial charge in [-0.1, -0.05) is 12.1 Å². The second kappa shape index (κ2) is 5.16. The molecule has 1 N–H and O–H groups in total. The molecule has 0 saturated heterocycles. The van der Waals surface area contributed by atoms with Crippen LogP contribution in [0, 0.1) is 11.7 Å². The van der Waals surface area contributed by atoms with Crippen LogP contribution in [0.25, 0.3) is 0 Å². The summed E-state index contributed by atoms with van der Waals surface area (Å²) in [5.41, 5.74) is 0.0804. The van der Waals surface area contributed by atoms with E-state index in [9.17, 15) is 14.0 Å². The summed E-state index contributed by atoms with van der Waals surface area (Å²) in [7, 11) is 0. The van der Waals surface area contributed by atoms with Crippen molar-refractivity contribution in [3.8, 4) is 0 Å². The van der Waals surface area contributed by atoms with Gasteiger partial charge in [-0.05, 0) is 31.9 Å². The van der Waals surface area contributed by atoms with Gasteiger partial charge in [-0.2, -0.15) is 0 Å². The van der Waals surface area contributed by atoms with Crippen molar-refractivity contribution in [3.63, 3.8) is 0 Å². The van der Waals surface area contributed by atoms with Crippen molar-refractivity contribution in [2.45, 2.75) is 25.9 Å². The van der Waals surface area contributed by atoms with E-state index >= 15 is 0 Å². The molecule has 0 heterocycles. The molecular formula is C13H14FNO3. The topological polar surface area (TPSA) is 55.4 Å². The van der Waals surface area contributed by atoms with Crippen molar-refractivity contribution in [2.75, 3.05) is 5.32 Å². The molecule has 1 fully saturated rings. The number of nitrogens with one attached hydrogen (secondary N) is 1. The smallest absolute Gasteiger partial charge is 0.309 e. The first kappa shape index (κ1) is 12.5. The zero-order valence-corrected chi connectivity index (χ0v) is 9.98. The van der Waals surface area contributed by atoms with Gasteiger partial charge in [0, 0.05) is 0 Å². The summed E-state index contributed by atoms with van der Waals surface area (Å²) >= 11 is 0. The van der Waals surface area contributed by atoms with Crippen LogP contribution in [0.15, 0.2) is 24.3 Å². The van der Waals surface area contributed by atoms with Gasteiger partial charge in [0.05, 0.1) is 11.6 Å². The van der Waals surface area contributed by atoms with E-state index in [1.165, 1.54) is 25.1 Å². The Hall–Kier alpha value is -1.91. The van der Waals surface area contributed by atoms with Crippen molar-refractivity contribution in [1.29, 1.82) is 0 Å². The highest BCUT2D eigenvalue weighted by Crippen LogP contribution is 2.30. The van der Waals surface area contributed by atoms with E-state index in [0.717, 1.165) is 12.8 Å². The molecule has 5 heteroatoms. The molecular weight excluding hydrogens is 237 g/mol.